The van der Waals surface area contributed by atoms with Crippen molar-refractivity contribution in [3.8, 4) is 11.5 Å². The fourth-order valence-electron chi connectivity index (χ4n) is 2.27. The SMILES string of the molecule is CNC(c1cc(Br)ccc1Cl)c1ccc(OC)cc1OC. The number of nitrogens with one attached hydrogen (secondary N) is 1. The summed E-state index contributed by atoms with van der Waals surface area (Å²) in [5.74, 6) is 1.51. The van der Waals surface area contributed by atoms with Crippen molar-refractivity contribution in [2.24, 2.45) is 0 Å². The van der Waals surface area contributed by atoms with Gasteiger partial charge in [-0.1, -0.05) is 27.5 Å². The Hall–Kier alpha value is -1.23. The monoisotopic (exact) mass is 369 g/mol. The van der Waals surface area contributed by atoms with E-state index in [2.05, 4.69) is 21.2 Å². The van der Waals surface area contributed by atoms with E-state index in [4.69, 9.17) is 21.1 Å². The second-order valence-electron chi connectivity index (χ2n) is 4.50. The van der Waals surface area contributed by atoms with E-state index in [0.29, 0.717) is 5.02 Å². The van der Waals surface area contributed by atoms with Crippen LogP contribution in [0, 0.1) is 0 Å². The van der Waals surface area contributed by atoms with Crippen molar-refractivity contribution >= 4 is 27.5 Å². The van der Waals surface area contributed by atoms with Gasteiger partial charge >= 0.3 is 0 Å². The van der Waals surface area contributed by atoms with Crippen molar-refractivity contribution in [1.82, 2.24) is 5.32 Å². The lowest BCUT2D eigenvalue weighted by molar-refractivity contribution is 0.388. The van der Waals surface area contributed by atoms with Crippen LogP contribution in [0.1, 0.15) is 17.2 Å². The highest BCUT2D eigenvalue weighted by molar-refractivity contribution is 9.10. The lowest BCUT2D eigenvalue weighted by Gasteiger charge is -2.21. The number of methoxy groups -OCH3 is 2. The topological polar surface area (TPSA) is 30.5 Å². The van der Waals surface area contributed by atoms with Crippen LogP contribution in [0.2, 0.25) is 5.02 Å². The van der Waals surface area contributed by atoms with Crippen LogP contribution in [0.4, 0.5) is 0 Å². The first-order valence-electron chi connectivity index (χ1n) is 6.44. The number of hydrogen-bond donors (Lipinski definition) is 1. The van der Waals surface area contributed by atoms with Gasteiger partial charge in [0.25, 0.3) is 0 Å². The van der Waals surface area contributed by atoms with Gasteiger partial charge in [0, 0.05) is 21.1 Å². The second kappa shape index (κ2) is 7.16. The maximum Gasteiger partial charge on any atom is 0.127 e. The average Bonchev–Trinajstić information content (AvgIpc) is 2.51. The zero-order valence-corrected chi connectivity index (χ0v) is 14.5. The van der Waals surface area contributed by atoms with E-state index in [1.807, 2.05) is 43.4 Å². The highest BCUT2D eigenvalue weighted by atomic mass is 79.9. The highest BCUT2D eigenvalue weighted by Gasteiger charge is 2.20. The van der Waals surface area contributed by atoms with E-state index in [-0.39, 0.29) is 6.04 Å². The summed E-state index contributed by atoms with van der Waals surface area (Å²) in [5.41, 5.74) is 1.98. The second-order valence-corrected chi connectivity index (χ2v) is 5.82. The lowest BCUT2D eigenvalue weighted by Crippen LogP contribution is -2.19. The molecule has 21 heavy (non-hydrogen) atoms. The number of benzene rings is 2. The fourth-order valence-corrected chi connectivity index (χ4v) is 2.88. The first kappa shape index (κ1) is 16.1. The van der Waals surface area contributed by atoms with Gasteiger partial charge in [0.05, 0.1) is 20.3 Å². The molecule has 0 aliphatic carbocycles. The Labute approximate surface area is 138 Å². The van der Waals surface area contributed by atoms with Crippen LogP contribution in [-0.2, 0) is 0 Å². The summed E-state index contributed by atoms with van der Waals surface area (Å²) in [5, 5.41) is 3.99. The van der Waals surface area contributed by atoms with Crippen LogP contribution in [0.25, 0.3) is 0 Å². The first-order chi connectivity index (χ1) is 10.1. The molecule has 112 valence electrons. The molecule has 1 atom stereocenters. The largest absolute Gasteiger partial charge is 0.497 e. The predicted molar refractivity (Wildman–Crippen MR) is 89.6 cm³/mol. The molecule has 0 spiro atoms. The normalized spacial score (nSPS) is 12.0. The van der Waals surface area contributed by atoms with Crippen molar-refractivity contribution in [2.75, 3.05) is 21.3 Å². The third-order valence-corrected chi connectivity index (χ3v) is 4.15. The van der Waals surface area contributed by atoms with E-state index in [1.165, 1.54) is 0 Å². The Bertz CT molecular complexity index is 634. The molecular weight excluding hydrogens is 354 g/mol. The average molecular weight is 371 g/mol. The first-order valence-corrected chi connectivity index (χ1v) is 7.62. The molecule has 5 heteroatoms. The van der Waals surface area contributed by atoms with E-state index in [1.54, 1.807) is 14.2 Å². The van der Waals surface area contributed by atoms with Crippen molar-refractivity contribution in [3.05, 3.63) is 57.0 Å². The Morgan fingerprint density at radius 2 is 1.81 bits per heavy atom. The Morgan fingerprint density at radius 1 is 1.05 bits per heavy atom. The van der Waals surface area contributed by atoms with Gasteiger partial charge in [-0.05, 0) is 42.9 Å². The van der Waals surface area contributed by atoms with Gasteiger partial charge in [-0.3, -0.25) is 0 Å². The van der Waals surface area contributed by atoms with E-state index in [0.717, 1.165) is 27.1 Å². The quantitative estimate of drug-likeness (QED) is 0.844. The van der Waals surface area contributed by atoms with Crippen LogP contribution in [-0.4, -0.2) is 21.3 Å². The maximum atomic E-state index is 6.35. The lowest BCUT2D eigenvalue weighted by atomic mass is 9.97. The van der Waals surface area contributed by atoms with Gasteiger partial charge in [-0.25, -0.2) is 0 Å². The molecule has 1 N–H and O–H groups in total. The van der Waals surface area contributed by atoms with Crippen LogP contribution in [0.15, 0.2) is 40.9 Å². The van der Waals surface area contributed by atoms with E-state index < -0.39 is 0 Å². The van der Waals surface area contributed by atoms with Gasteiger partial charge in [0.2, 0.25) is 0 Å². The molecule has 0 fully saturated rings. The molecule has 3 nitrogen and oxygen atoms in total. The van der Waals surface area contributed by atoms with Gasteiger partial charge < -0.3 is 14.8 Å². The van der Waals surface area contributed by atoms with Crippen LogP contribution < -0.4 is 14.8 Å². The minimum atomic E-state index is -0.0733. The fraction of sp³-hybridized carbons (Fsp3) is 0.250. The molecule has 0 heterocycles. The third kappa shape index (κ3) is 3.51. The molecule has 0 saturated heterocycles. The van der Waals surface area contributed by atoms with Crippen molar-refractivity contribution in [2.45, 2.75) is 6.04 Å². The standard InChI is InChI=1S/C16H17BrClNO2/c1-19-16(13-8-10(17)4-7-14(13)18)12-6-5-11(20-2)9-15(12)21-3/h4-9,16,19H,1-3H3. The minimum Gasteiger partial charge on any atom is -0.497 e. The zero-order valence-electron chi connectivity index (χ0n) is 12.1. The number of hydrogen-bond acceptors (Lipinski definition) is 3. The Kier molecular flexibility index (Phi) is 5.51. The molecule has 0 radical (unpaired) electrons. The minimum absolute atomic E-state index is 0.0733. The van der Waals surface area contributed by atoms with Crippen molar-refractivity contribution in [1.29, 1.82) is 0 Å². The Balaban J connectivity index is 2.53. The summed E-state index contributed by atoms with van der Waals surface area (Å²) in [6.45, 7) is 0. The molecule has 0 aliphatic rings. The summed E-state index contributed by atoms with van der Waals surface area (Å²) in [4.78, 5) is 0. The summed E-state index contributed by atoms with van der Waals surface area (Å²) in [6.07, 6.45) is 0. The highest BCUT2D eigenvalue weighted by Crippen LogP contribution is 2.36. The molecule has 2 aromatic carbocycles. The van der Waals surface area contributed by atoms with Gasteiger partial charge in [-0.2, -0.15) is 0 Å². The molecule has 0 saturated carbocycles. The van der Waals surface area contributed by atoms with Crippen LogP contribution in [0.3, 0.4) is 0 Å². The van der Waals surface area contributed by atoms with E-state index in [9.17, 15) is 0 Å². The molecule has 2 rings (SSSR count). The molecule has 0 aliphatic heterocycles. The van der Waals surface area contributed by atoms with Crippen molar-refractivity contribution < 1.29 is 9.47 Å². The number of ether oxygens (including phenoxy) is 2. The van der Waals surface area contributed by atoms with E-state index >= 15 is 0 Å². The Morgan fingerprint density at radius 3 is 2.43 bits per heavy atom. The van der Waals surface area contributed by atoms with Crippen LogP contribution in [0.5, 0.6) is 11.5 Å². The summed E-state index contributed by atoms with van der Waals surface area (Å²) < 4.78 is 11.7. The number of halogens is 2. The maximum absolute atomic E-state index is 6.35. The van der Waals surface area contributed by atoms with Crippen LogP contribution >= 0.6 is 27.5 Å². The van der Waals surface area contributed by atoms with Gasteiger partial charge in [-0.15, -0.1) is 0 Å². The third-order valence-electron chi connectivity index (χ3n) is 3.31. The summed E-state index contributed by atoms with van der Waals surface area (Å²) in [6, 6.07) is 11.5. The molecule has 0 amide bonds. The molecule has 2 aromatic rings. The predicted octanol–water partition coefficient (Wildman–Crippen LogP) is 4.43. The van der Waals surface area contributed by atoms with Crippen molar-refractivity contribution in [3.63, 3.8) is 0 Å². The zero-order chi connectivity index (χ0) is 15.4. The smallest absolute Gasteiger partial charge is 0.127 e. The van der Waals surface area contributed by atoms with Gasteiger partial charge in [0.15, 0.2) is 0 Å². The number of rotatable bonds is 5. The summed E-state index contributed by atoms with van der Waals surface area (Å²) in [7, 11) is 5.17. The molecule has 0 bridgehead atoms. The molecule has 0 aromatic heterocycles. The molecule has 1 unspecified atom stereocenters. The van der Waals surface area contributed by atoms with Gasteiger partial charge in [0.1, 0.15) is 11.5 Å². The summed E-state index contributed by atoms with van der Waals surface area (Å²) >= 11 is 9.83. The molecular formula is C16H17BrClNO2.